The van der Waals surface area contributed by atoms with E-state index >= 15 is 0 Å². The summed E-state index contributed by atoms with van der Waals surface area (Å²) in [6, 6.07) is 11.0. The number of hydrogen-bond acceptors (Lipinski definition) is 5. The Bertz CT molecular complexity index is 756. The summed E-state index contributed by atoms with van der Waals surface area (Å²) in [5.41, 5.74) is 0.627. The van der Waals surface area contributed by atoms with Crippen molar-refractivity contribution in [2.45, 2.75) is 10.8 Å². The monoisotopic (exact) mass is 286 g/mol. The Morgan fingerprint density at radius 1 is 1.20 bits per heavy atom. The van der Waals surface area contributed by atoms with Crippen molar-refractivity contribution in [1.29, 1.82) is 0 Å². The van der Waals surface area contributed by atoms with E-state index in [1.165, 1.54) is 11.8 Å². The van der Waals surface area contributed by atoms with Crippen molar-refractivity contribution >= 4 is 28.6 Å². The minimum absolute atomic E-state index is 0.189. The first kappa shape index (κ1) is 12.7. The van der Waals surface area contributed by atoms with Crippen LogP contribution in [-0.4, -0.2) is 21.0 Å². The molecule has 0 saturated heterocycles. The number of aromatic carboxylic acids is 1. The van der Waals surface area contributed by atoms with Gasteiger partial charge in [0.25, 0.3) is 0 Å². The number of rotatable bonds is 4. The first-order valence-electron chi connectivity index (χ1n) is 5.89. The summed E-state index contributed by atoms with van der Waals surface area (Å²) in [6.07, 6.45) is 1.61. The summed E-state index contributed by atoms with van der Waals surface area (Å²) in [5.74, 6) is 0.0865. The average molecular weight is 286 g/mol. The standard InChI is InChI=1S/C14H10N2O3S/c17-14(18)12-15-11-6-2-1-5-10(11)13(16-12)20-8-9-4-3-7-19-9/h1-7H,8H2,(H,17,18). The maximum Gasteiger partial charge on any atom is 0.373 e. The van der Waals surface area contributed by atoms with Gasteiger partial charge in [0, 0.05) is 5.39 Å². The second kappa shape index (κ2) is 5.34. The molecule has 0 aliphatic carbocycles. The molecule has 3 aromatic rings. The molecular weight excluding hydrogens is 276 g/mol. The fraction of sp³-hybridized carbons (Fsp3) is 0.0714. The summed E-state index contributed by atoms with van der Waals surface area (Å²) in [5, 5.41) is 10.6. The fourth-order valence-electron chi connectivity index (χ4n) is 1.79. The van der Waals surface area contributed by atoms with Gasteiger partial charge in [0.1, 0.15) is 10.8 Å². The Morgan fingerprint density at radius 3 is 2.80 bits per heavy atom. The molecule has 0 amide bonds. The molecule has 3 rings (SSSR count). The predicted octanol–water partition coefficient (Wildman–Crippen LogP) is 3.21. The Hall–Kier alpha value is -2.34. The number of para-hydroxylation sites is 1. The van der Waals surface area contributed by atoms with Crippen LogP contribution < -0.4 is 0 Å². The van der Waals surface area contributed by atoms with E-state index in [-0.39, 0.29) is 5.82 Å². The van der Waals surface area contributed by atoms with Crippen LogP contribution in [0.25, 0.3) is 10.9 Å². The maximum atomic E-state index is 11.1. The topological polar surface area (TPSA) is 76.2 Å². The van der Waals surface area contributed by atoms with Crippen molar-refractivity contribution in [2.75, 3.05) is 0 Å². The molecule has 20 heavy (non-hydrogen) atoms. The van der Waals surface area contributed by atoms with Crippen LogP contribution in [-0.2, 0) is 5.75 Å². The molecule has 2 heterocycles. The van der Waals surface area contributed by atoms with Crippen LogP contribution >= 0.6 is 11.8 Å². The Labute approximate surface area is 118 Å². The highest BCUT2D eigenvalue weighted by atomic mass is 32.2. The van der Waals surface area contributed by atoms with E-state index in [4.69, 9.17) is 9.52 Å². The number of aromatic nitrogens is 2. The number of hydrogen-bond donors (Lipinski definition) is 1. The van der Waals surface area contributed by atoms with Crippen LogP contribution in [0.2, 0.25) is 0 Å². The molecule has 0 spiro atoms. The number of carboxylic acid groups (broad SMARTS) is 1. The van der Waals surface area contributed by atoms with Crippen LogP contribution in [0.4, 0.5) is 0 Å². The number of thioether (sulfide) groups is 1. The summed E-state index contributed by atoms with van der Waals surface area (Å²) in [7, 11) is 0. The highest BCUT2D eigenvalue weighted by molar-refractivity contribution is 7.98. The van der Waals surface area contributed by atoms with Gasteiger partial charge in [0.05, 0.1) is 17.5 Å². The minimum atomic E-state index is -1.13. The zero-order valence-electron chi connectivity index (χ0n) is 10.3. The molecule has 6 heteroatoms. The first-order chi connectivity index (χ1) is 9.74. The molecule has 100 valence electrons. The van der Waals surface area contributed by atoms with E-state index in [1.807, 2.05) is 30.3 Å². The number of nitrogens with zero attached hydrogens (tertiary/aromatic N) is 2. The van der Waals surface area contributed by atoms with Gasteiger partial charge in [0.2, 0.25) is 5.82 Å². The van der Waals surface area contributed by atoms with Gasteiger partial charge in [0.15, 0.2) is 0 Å². The molecule has 0 aliphatic heterocycles. The summed E-state index contributed by atoms with van der Waals surface area (Å²) in [6.45, 7) is 0. The lowest BCUT2D eigenvalue weighted by atomic mass is 10.2. The summed E-state index contributed by atoms with van der Waals surface area (Å²) >= 11 is 1.43. The quantitative estimate of drug-likeness (QED) is 0.586. The Kier molecular flexibility index (Phi) is 3.39. The second-order valence-electron chi connectivity index (χ2n) is 4.04. The van der Waals surface area contributed by atoms with Crippen molar-refractivity contribution in [3.63, 3.8) is 0 Å². The van der Waals surface area contributed by atoms with Crippen molar-refractivity contribution in [3.05, 3.63) is 54.2 Å². The van der Waals surface area contributed by atoms with Gasteiger partial charge in [-0.25, -0.2) is 14.8 Å². The molecule has 5 nitrogen and oxygen atoms in total. The average Bonchev–Trinajstić information content (AvgIpc) is 2.97. The fourth-order valence-corrected chi connectivity index (χ4v) is 2.71. The lowest BCUT2D eigenvalue weighted by Gasteiger charge is -2.05. The Balaban J connectivity index is 2.00. The molecule has 0 radical (unpaired) electrons. The zero-order chi connectivity index (χ0) is 13.9. The molecule has 0 bridgehead atoms. The van der Waals surface area contributed by atoms with E-state index in [0.717, 1.165) is 11.1 Å². The number of furan rings is 1. The molecule has 0 aliphatic rings. The molecule has 0 fully saturated rings. The normalized spacial score (nSPS) is 10.8. The SMILES string of the molecule is O=C(O)c1nc(SCc2ccco2)c2ccccc2n1. The number of carboxylic acids is 1. The maximum absolute atomic E-state index is 11.1. The van der Waals surface area contributed by atoms with Gasteiger partial charge >= 0.3 is 5.97 Å². The zero-order valence-corrected chi connectivity index (χ0v) is 11.1. The smallest absolute Gasteiger partial charge is 0.373 e. The molecule has 0 saturated carbocycles. The van der Waals surface area contributed by atoms with E-state index in [1.54, 1.807) is 12.3 Å². The predicted molar refractivity (Wildman–Crippen MR) is 74.8 cm³/mol. The first-order valence-corrected chi connectivity index (χ1v) is 6.88. The molecule has 2 aromatic heterocycles. The lowest BCUT2D eigenvalue weighted by Crippen LogP contribution is -2.05. The van der Waals surface area contributed by atoms with Gasteiger partial charge in [-0.3, -0.25) is 0 Å². The van der Waals surface area contributed by atoms with Gasteiger partial charge in [-0.2, -0.15) is 0 Å². The number of carbonyl (C=O) groups is 1. The van der Waals surface area contributed by atoms with Gasteiger partial charge < -0.3 is 9.52 Å². The third kappa shape index (κ3) is 2.50. The van der Waals surface area contributed by atoms with Crippen LogP contribution in [0.5, 0.6) is 0 Å². The van der Waals surface area contributed by atoms with Gasteiger partial charge in [-0.05, 0) is 18.2 Å². The third-order valence-corrected chi connectivity index (χ3v) is 3.70. The summed E-state index contributed by atoms with van der Waals surface area (Å²) in [4.78, 5) is 19.2. The molecule has 1 N–H and O–H groups in total. The van der Waals surface area contributed by atoms with Crippen molar-refractivity contribution in [1.82, 2.24) is 9.97 Å². The second-order valence-corrected chi connectivity index (χ2v) is 5.01. The molecular formula is C14H10N2O3S. The van der Waals surface area contributed by atoms with Crippen molar-refractivity contribution in [3.8, 4) is 0 Å². The molecule has 0 atom stereocenters. The van der Waals surface area contributed by atoms with Crippen LogP contribution in [0.1, 0.15) is 16.4 Å². The van der Waals surface area contributed by atoms with E-state index in [2.05, 4.69) is 9.97 Å². The van der Waals surface area contributed by atoms with Gasteiger partial charge in [-0.15, -0.1) is 0 Å². The van der Waals surface area contributed by atoms with Crippen molar-refractivity contribution in [2.24, 2.45) is 0 Å². The summed E-state index contributed by atoms with van der Waals surface area (Å²) < 4.78 is 5.26. The molecule has 0 unspecified atom stereocenters. The van der Waals surface area contributed by atoms with Crippen LogP contribution in [0.3, 0.4) is 0 Å². The third-order valence-electron chi connectivity index (χ3n) is 2.69. The highest BCUT2D eigenvalue weighted by Gasteiger charge is 2.13. The van der Waals surface area contributed by atoms with E-state index < -0.39 is 5.97 Å². The van der Waals surface area contributed by atoms with Gasteiger partial charge in [-0.1, -0.05) is 30.0 Å². The van der Waals surface area contributed by atoms with Crippen LogP contribution in [0.15, 0.2) is 52.1 Å². The minimum Gasteiger partial charge on any atom is -0.475 e. The number of benzene rings is 1. The van der Waals surface area contributed by atoms with E-state index in [0.29, 0.717) is 16.3 Å². The van der Waals surface area contributed by atoms with E-state index in [9.17, 15) is 4.79 Å². The lowest BCUT2D eigenvalue weighted by molar-refractivity contribution is 0.0683. The van der Waals surface area contributed by atoms with Crippen LogP contribution in [0, 0.1) is 0 Å². The Morgan fingerprint density at radius 2 is 2.05 bits per heavy atom. The highest BCUT2D eigenvalue weighted by Crippen LogP contribution is 2.28. The number of fused-ring (bicyclic) bond motifs is 1. The largest absolute Gasteiger partial charge is 0.475 e. The molecule has 1 aromatic carbocycles. The van der Waals surface area contributed by atoms with Crippen molar-refractivity contribution < 1.29 is 14.3 Å².